The quantitative estimate of drug-likeness (QED) is 0.847. The molecule has 0 aromatic heterocycles. The van der Waals surface area contributed by atoms with E-state index < -0.39 is 0 Å². The summed E-state index contributed by atoms with van der Waals surface area (Å²) in [5.41, 5.74) is 1.49. The van der Waals surface area contributed by atoms with Crippen LogP contribution in [0.5, 0.6) is 0 Å². The molecule has 1 aromatic carbocycles. The minimum atomic E-state index is -0.166. The Morgan fingerprint density at radius 2 is 1.84 bits per heavy atom. The van der Waals surface area contributed by atoms with Crippen molar-refractivity contribution in [1.29, 1.82) is 0 Å². The number of nitrogens with zero attached hydrogens (tertiary/aromatic N) is 1. The third-order valence-electron chi connectivity index (χ3n) is 4.25. The average molecular weight is 264 g/mol. The fourth-order valence-electron chi connectivity index (χ4n) is 3.20. The number of halogens is 1. The Balaban J connectivity index is 2.02. The van der Waals surface area contributed by atoms with Crippen molar-refractivity contribution in [2.45, 2.75) is 32.6 Å². The standard InChI is InChI=1S/C16H25FN2/c1-3-18-12-16(10-4-5-11-16)13-19(2)15-8-6-14(17)7-9-15/h6-9,18H,3-5,10-13H2,1-2H3. The van der Waals surface area contributed by atoms with E-state index in [1.54, 1.807) is 0 Å². The van der Waals surface area contributed by atoms with Crippen molar-refractivity contribution >= 4 is 5.69 Å². The Kier molecular flexibility index (Phi) is 4.81. The lowest BCUT2D eigenvalue weighted by Gasteiger charge is -2.35. The molecule has 1 aliphatic rings. The Labute approximate surface area is 116 Å². The largest absolute Gasteiger partial charge is 0.374 e. The first-order valence-electron chi connectivity index (χ1n) is 7.33. The lowest BCUT2D eigenvalue weighted by molar-refractivity contribution is 0.289. The maximum Gasteiger partial charge on any atom is 0.123 e. The van der Waals surface area contributed by atoms with Crippen LogP contribution in [0.15, 0.2) is 24.3 Å². The summed E-state index contributed by atoms with van der Waals surface area (Å²) in [7, 11) is 2.11. The van der Waals surface area contributed by atoms with E-state index >= 15 is 0 Å². The van der Waals surface area contributed by atoms with Gasteiger partial charge in [-0.2, -0.15) is 0 Å². The maximum absolute atomic E-state index is 13.0. The van der Waals surface area contributed by atoms with E-state index in [-0.39, 0.29) is 5.82 Å². The molecular weight excluding hydrogens is 239 g/mol. The molecule has 19 heavy (non-hydrogen) atoms. The summed E-state index contributed by atoms with van der Waals surface area (Å²) >= 11 is 0. The summed E-state index contributed by atoms with van der Waals surface area (Å²) in [4.78, 5) is 2.27. The van der Waals surface area contributed by atoms with Gasteiger partial charge >= 0.3 is 0 Å². The van der Waals surface area contributed by atoms with E-state index in [9.17, 15) is 4.39 Å². The normalized spacial score (nSPS) is 17.6. The summed E-state index contributed by atoms with van der Waals surface area (Å²) < 4.78 is 13.0. The summed E-state index contributed by atoms with van der Waals surface area (Å²) in [5, 5.41) is 3.51. The molecule has 0 amide bonds. The molecule has 1 N–H and O–H groups in total. The minimum absolute atomic E-state index is 0.166. The van der Waals surface area contributed by atoms with E-state index in [0.29, 0.717) is 5.41 Å². The first-order chi connectivity index (χ1) is 9.15. The van der Waals surface area contributed by atoms with E-state index in [4.69, 9.17) is 0 Å². The van der Waals surface area contributed by atoms with Crippen LogP contribution in [0.3, 0.4) is 0 Å². The van der Waals surface area contributed by atoms with E-state index in [1.165, 1.54) is 37.8 Å². The number of rotatable bonds is 6. The predicted octanol–water partition coefficient (Wildman–Crippen LogP) is 3.43. The van der Waals surface area contributed by atoms with Gasteiger partial charge in [0.25, 0.3) is 0 Å². The van der Waals surface area contributed by atoms with Crippen molar-refractivity contribution in [3.63, 3.8) is 0 Å². The Morgan fingerprint density at radius 3 is 2.42 bits per heavy atom. The second kappa shape index (κ2) is 6.38. The fourth-order valence-corrected chi connectivity index (χ4v) is 3.20. The van der Waals surface area contributed by atoms with Gasteiger partial charge in [0.1, 0.15) is 5.82 Å². The van der Waals surface area contributed by atoms with Gasteiger partial charge in [-0.05, 0) is 43.7 Å². The molecule has 0 unspecified atom stereocenters. The molecule has 1 aliphatic carbocycles. The second-order valence-electron chi connectivity index (χ2n) is 5.82. The van der Waals surface area contributed by atoms with Gasteiger partial charge in [-0.1, -0.05) is 19.8 Å². The van der Waals surface area contributed by atoms with Gasteiger partial charge in [-0.3, -0.25) is 0 Å². The highest BCUT2D eigenvalue weighted by Crippen LogP contribution is 2.38. The zero-order chi connectivity index (χ0) is 13.7. The monoisotopic (exact) mass is 264 g/mol. The Bertz CT molecular complexity index is 382. The Hall–Kier alpha value is -1.09. The van der Waals surface area contributed by atoms with E-state index in [1.807, 2.05) is 12.1 Å². The average Bonchev–Trinajstić information content (AvgIpc) is 2.86. The van der Waals surface area contributed by atoms with Crippen molar-refractivity contribution in [2.24, 2.45) is 5.41 Å². The molecule has 1 fully saturated rings. The van der Waals surface area contributed by atoms with Gasteiger partial charge in [0.15, 0.2) is 0 Å². The van der Waals surface area contributed by atoms with Crippen LogP contribution in [0.4, 0.5) is 10.1 Å². The predicted molar refractivity (Wildman–Crippen MR) is 79.1 cm³/mol. The maximum atomic E-state index is 13.0. The van der Waals surface area contributed by atoms with Crippen LogP contribution in [0.25, 0.3) is 0 Å². The number of benzene rings is 1. The summed E-state index contributed by atoms with van der Waals surface area (Å²) in [6, 6.07) is 6.81. The summed E-state index contributed by atoms with van der Waals surface area (Å²) in [5.74, 6) is -0.166. The van der Waals surface area contributed by atoms with Crippen molar-refractivity contribution in [1.82, 2.24) is 5.32 Å². The Morgan fingerprint density at radius 1 is 1.21 bits per heavy atom. The van der Waals surface area contributed by atoms with Crippen LogP contribution in [0.1, 0.15) is 32.6 Å². The molecule has 0 radical (unpaired) electrons. The highest BCUT2D eigenvalue weighted by atomic mass is 19.1. The molecule has 0 saturated heterocycles. The van der Waals surface area contributed by atoms with Gasteiger partial charge in [0, 0.05) is 31.2 Å². The van der Waals surface area contributed by atoms with Crippen LogP contribution in [-0.4, -0.2) is 26.7 Å². The minimum Gasteiger partial charge on any atom is -0.374 e. The van der Waals surface area contributed by atoms with Gasteiger partial charge in [-0.25, -0.2) is 4.39 Å². The summed E-state index contributed by atoms with van der Waals surface area (Å²) in [6.45, 7) is 5.33. The molecule has 0 aliphatic heterocycles. The molecule has 0 heterocycles. The number of nitrogens with one attached hydrogen (secondary N) is 1. The smallest absolute Gasteiger partial charge is 0.123 e. The van der Waals surface area contributed by atoms with Crippen LogP contribution in [0, 0.1) is 11.2 Å². The SMILES string of the molecule is CCNCC1(CN(C)c2ccc(F)cc2)CCCC1. The van der Waals surface area contributed by atoms with Crippen LogP contribution >= 0.6 is 0 Å². The zero-order valence-electron chi connectivity index (χ0n) is 12.1. The first kappa shape index (κ1) is 14.3. The number of hydrogen-bond donors (Lipinski definition) is 1. The molecule has 1 saturated carbocycles. The van der Waals surface area contributed by atoms with Gasteiger partial charge in [0.2, 0.25) is 0 Å². The third kappa shape index (κ3) is 3.69. The fraction of sp³-hybridized carbons (Fsp3) is 0.625. The molecule has 2 rings (SSSR count). The lowest BCUT2D eigenvalue weighted by atomic mass is 9.85. The van der Waals surface area contributed by atoms with Crippen molar-refractivity contribution < 1.29 is 4.39 Å². The first-order valence-corrected chi connectivity index (χ1v) is 7.33. The van der Waals surface area contributed by atoms with Crippen LogP contribution in [0.2, 0.25) is 0 Å². The van der Waals surface area contributed by atoms with Crippen molar-refractivity contribution in [3.8, 4) is 0 Å². The number of anilines is 1. The molecule has 0 spiro atoms. The number of hydrogen-bond acceptors (Lipinski definition) is 2. The second-order valence-corrected chi connectivity index (χ2v) is 5.82. The summed E-state index contributed by atoms with van der Waals surface area (Å²) in [6.07, 6.45) is 5.27. The topological polar surface area (TPSA) is 15.3 Å². The molecule has 1 aromatic rings. The zero-order valence-corrected chi connectivity index (χ0v) is 12.1. The van der Waals surface area contributed by atoms with Crippen molar-refractivity contribution in [2.75, 3.05) is 31.6 Å². The highest BCUT2D eigenvalue weighted by Gasteiger charge is 2.34. The molecule has 3 heteroatoms. The van der Waals surface area contributed by atoms with Crippen LogP contribution < -0.4 is 10.2 Å². The van der Waals surface area contributed by atoms with Crippen molar-refractivity contribution in [3.05, 3.63) is 30.1 Å². The van der Waals surface area contributed by atoms with E-state index in [2.05, 4.69) is 24.2 Å². The molecular formula is C16H25FN2. The van der Waals surface area contributed by atoms with Gasteiger partial charge < -0.3 is 10.2 Å². The van der Waals surface area contributed by atoms with Crippen LogP contribution in [-0.2, 0) is 0 Å². The lowest BCUT2D eigenvalue weighted by Crippen LogP contribution is -2.41. The molecule has 0 bridgehead atoms. The molecule has 106 valence electrons. The molecule has 0 atom stereocenters. The highest BCUT2D eigenvalue weighted by molar-refractivity contribution is 5.45. The van der Waals surface area contributed by atoms with E-state index in [0.717, 1.165) is 25.3 Å². The van der Waals surface area contributed by atoms with Gasteiger partial charge in [0.05, 0.1) is 0 Å². The third-order valence-corrected chi connectivity index (χ3v) is 4.25. The van der Waals surface area contributed by atoms with Gasteiger partial charge in [-0.15, -0.1) is 0 Å². The molecule has 2 nitrogen and oxygen atoms in total.